The number of hydrogen-bond acceptors (Lipinski definition) is 4. The number of nitrogens with two attached hydrogens (primary N) is 1. The summed E-state index contributed by atoms with van der Waals surface area (Å²) in [4.78, 5) is 8.02. The van der Waals surface area contributed by atoms with Gasteiger partial charge in [-0.3, -0.25) is 0 Å². The lowest BCUT2D eigenvalue weighted by Gasteiger charge is -2.11. The van der Waals surface area contributed by atoms with Crippen LogP contribution in [0.3, 0.4) is 0 Å². The van der Waals surface area contributed by atoms with Gasteiger partial charge in [-0.2, -0.15) is 0 Å². The molecule has 1 aromatic heterocycles. The molecule has 0 amide bonds. The quantitative estimate of drug-likeness (QED) is 0.870. The largest absolute Gasteiger partial charge is 0.494 e. The van der Waals surface area contributed by atoms with Crippen LogP contribution < -0.4 is 10.5 Å². The molecule has 1 unspecified atom stereocenters. The maximum Gasteiger partial charge on any atom is 0.119 e. The summed E-state index contributed by atoms with van der Waals surface area (Å²) < 4.78 is 5.38. The predicted molar refractivity (Wildman–Crippen MR) is 65.7 cm³/mol. The minimum Gasteiger partial charge on any atom is -0.494 e. The first kappa shape index (κ1) is 11.5. The molecule has 4 heteroatoms. The molecule has 0 bridgehead atoms. The molecule has 2 aromatic rings. The van der Waals surface area contributed by atoms with Gasteiger partial charge in [0.1, 0.15) is 12.1 Å². The summed E-state index contributed by atoms with van der Waals surface area (Å²) in [5, 5.41) is 0. The second-order valence-electron chi connectivity index (χ2n) is 3.61. The first-order valence-corrected chi connectivity index (χ1v) is 5.55. The lowest BCUT2D eigenvalue weighted by atomic mass is 10.0. The van der Waals surface area contributed by atoms with Crippen molar-refractivity contribution < 1.29 is 4.74 Å². The zero-order valence-corrected chi connectivity index (χ0v) is 9.71. The average Bonchev–Trinajstić information content (AvgIpc) is 2.40. The topological polar surface area (TPSA) is 61.0 Å². The van der Waals surface area contributed by atoms with Crippen LogP contribution in [0.2, 0.25) is 0 Å². The Morgan fingerprint density at radius 1 is 1.24 bits per heavy atom. The summed E-state index contributed by atoms with van der Waals surface area (Å²) in [6, 6.07) is 9.34. The van der Waals surface area contributed by atoms with Crippen LogP contribution in [0.4, 0.5) is 0 Å². The van der Waals surface area contributed by atoms with E-state index >= 15 is 0 Å². The van der Waals surface area contributed by atoms with Crippen molar-refractivity contribution in [1.82, 2.24) is 9.97 Å². The summed E-state index contributed by atoms with van der Waals surface area (Å²) in [5.74, 6) is 0.853. The molecule has 0 aliphatic heterocycles. The summed E-state index contributed by atoms with van der Waals surface area (Å²) in [6.45, 7) is 2.62. The van der Waals surface area contributed by atoms with Gasteiger partial charge in [-0.15, -0.1) is 0 Å². The van der Waals surface area contributed by atoms with E-state index in [1.54, 1.807) is 6.20 Å². The van der Waals surface area contributed by atoms with Gasteiger partial charge < -0.3 is 10.5 Å². The van der Waals surface area contributed by atoms with E-state index in [2.05, 4.69) is 9.97 Å². The monoisotopic (exact) mass is 229 g/mol. The molecule has 1 heterocycles. The summed E-state index contributed by atoms with van der Waals surface area (Å²) in [6.07, 6.45) is 3.19. The van der Waals surface area contributed by atoms with Crippen LogP contribution in [0.5, 0.6) is 5.75 Å². The minimum absolute atomic E-state index is 0.228. The van der Waals surface area contributed by atoms with Gasteiger partial charge in [0.05, 0.1) is 18.3 Å². The van der Waals surface area contributed by atoms with Crippen molar-refractivity contribution in [3.8, 4) is 5.75 Å². The van der Waals surface area contributed by atoms with Crippen LogP contribution in [-0.4, -0.2) is 16.6 Å². The van der Waals surface area contributed by atoms with Crippen LogP contribution in [0.15, 0.2) is 42.9 Å². The van der Waals surface area contributed by atoms with E-state index in [0.29, 0.717) is 6.61 Å². The van der Waals surface area contributed by atoms with Gasteiger partial charge in [-0.25, -0.2) is 9.97 Å². The molecule has 0 saturated heterocycles. The van der Waals surface area contributed by atoms with Gasteiger partial charge in [0, 0.05) is 6.20 Å². The van der Waals surface area contributed by atoms with Crippen molar-refractivity contribution in [2.24, 2.45) is 5.73 Å². The zero-order chi connectivity index (χ0) is 12.1. The lowest BCUT2D eigenvalue weighted by Crippen LogP contribution is -2.13. The molecule has 4 nitrogen and oxygen atoms in total. The van der Waals surface area contributed by atoms with Gasteiger partial charge in [-0.1, -0.05) is 12.1 Å². The van der Waals surface area contributed by atoms with Gasteiger partial charge >= 0.3 is 0 Å². The van der Waals surface area contributed by atoms with Crippen LogP contribution in [0.1, 0.15) is 24.2 Å². The smallest absolute Gasteiger partial charge is 0.119 e. The standard InChI is InChI=1S/C13H15N3O/c1-2-17-11-5-3-10(4-6-11)13(14)12-7-8-15-9-16-12/h3-9,13H,2,14H2,1H3. The Morgan fingerprint density at radius 2 is 2.00 bits per heavy atom. The van der Waals surface area contributed by atoms with E-state index in [-0.39, 0.29) is 6.04 Å². The lowest BCUT2D eigenvalue weighted by molar-refractivity contribution is 0.340. The van der Waals surface area contributed by atoms with E-state index < -0.39 is 0 Å². The summed E-state index contributed by atoms with van der Waals surface area (Å²) >= 11 is 0. The van der Waals surface area contributed by atoms with E-state index in [9.17, 15) is 0 Å². The number of ether oxygens (including phenoxy) is 1. The molecule has 1 atom stereocenters. The van der Waals surface area contributed by atoms with Crippen molar-refractivity contribution in [1.29, 1.82) is 0 Å². The third-order valence-corrected chi connectivity index (χ3v) is 2.47. The maximum atomic E-state index is 6.11. The van der Waals surface area contributed by atoms with Crippen molar-refractivity contribution in [2.75, 3.05) is 6.61 Å². The number of benzene rings is 1. The Hall–Kier alpha value is -1.94. The molecule has 0 saturated carbocycles. The fraction of sp³-hybridized carbons (Fsp3) is 0.231. The highest BCUT2D eigenvalue weighted by Crippen LogP contribution is 2.20. The SMILES string of the molecule is CCOc1ccc(C(N)c2ccncn2)cc1. The van der Waals surface area contributed by atoms with Gasteiger partial charge in [0.15, 0.2) is 0 Å². The van der Waals surface area contributed by atoms with E-state index in [1.165, 1.54) is 6.33 Å². The third-order valence-electron chi connectivity index (χ3n) is 2.47. The maximum absolute atomic E-state index is 6.11. The molecule has 0 fully saturated rings. The van der Waals surface area contributed by atoms with Crippen LogP contribution in [0.25, 0.3) is 0 Å². The molecule has 1 aromatic carbocycles. The number of rotatable bonds is 4. The van der Waals surface area contributed by atoms with E-state index in [1.807, 2.05) is 37.3 Å². The van der Waals surface area contributed by atoms with E-state index in [4.69, 9.17) is 10.5 Å². The summed E-state index contributed by atoms with van der Waals surface area (Å²) in [5.41, 5.74) is 7.93. The predicted octanol–water partition coefficient (Wildman–Crippen LogP) is 1.92. The summed E-state index contributed by atoms with van der Waals surface area (Å²) in [7, 11) is 0. The number of aromatic nitrogens is 2. The normalized spacial score (nSPS) is 12.1. The molecule has 0 aliphatic carbocycles. The fourth-order valence-electron chi connectivity index (χ4n) is 1.59. The highest BCUT2D eigenvalue weighted by molar-refractivity contribution is 5.32. The van der Waals surface area contributed by atoms with Crippen LogP contribution >= 0.6 is 0 Å². The van der Waals surface area contributed by atoms with Crippen molar-refractivity contribution in [2.45, 2.75) is 13.0 Å². The molecular weight excluding hydrogens is 214 g/mol. The first-order chi connectivity index (χ1) is 8.31. The Bertz CT molecular complexity index is 456. The van der Waals surface area contributed by atoms with Crippen molar-refractivity contribution in [3.05, 3.63) is 54.1 Å². The van der Waals surface area contributed by atoms with Gasteiger partial charge in [0.25, 0.3) is 0 Å². The molecule has 2 N–H and O–H groups in total. The average molecular weight is 229 g/mol. The number of hydrogen-bond donors (Lipinski definition) is 1. The Labute approximate surface area is 100 Å². The molecule has 0 aliphatic rings. The van der Waals surface area contributed by atoms with E-state index in [0.717, 1.165) is 17.0 Å². The van der Waals surface area contributed by atoms with Crippen molar-refractivity contribution in [3.63, 3.8) is 0 Å². The zero-order valence-electron chi connectivity index (χ0n) is 9.71. The molecule has 0 spiro atoms. The second kappa shape index (κ2) is 5.41. The van der Waals surface area contributed by atoms with Crippen LogP contribution in [-0.2, 0) is 0 Å². The molecular formula is C13H15N3O. The first-order valence-electron chi connectivity index (χ1n) is 5.55. The number of nitrogens with zero attached hydrogens (tertiary/aromatic N) is 2. The molecule has 88 valence electrons. The highest BCUT2D eigenvalue weighted by Gasteiger charge is 2.09. The molecule has 0 radical (unpaired) electrons. The molecule has 2 rings (SSSR count). The highest BCUT2D eigenvalue weighted by atomic mass is 16.5. The van der Waals surface area contributed by atoms with Crippen LogP contribution in [0, 0.1) is 0 Å². The fourth-order valence-corrected chi connectivity index (χ4v) is 1.59. The minimum atomic E-state index is -0.228. The Kier molecular flexibility index (Phi) is 3.67. The third kappa shape index (κ3) is 2.79. The molecule has 17 heavy (non-hydrogen) atoms. The van der Waals surface area contributed by atoms with Gasteiger partial charge in [0.2, 0.25) is 0 Å². The van der Waals surface area contributed by atoms with Crippen molar-refractivity contribution >= 4 is 0 Å². The Balaban J connectivity index is 2.17. The van der Waals surface area contributed by atoms with Gasteiger partial charge in [-0.05, 0) is 30.7 Å². The second-order valence-corrected chi connectivity index (χ2v) is 3.61. The Morgan fingerprint density at radius 3 is 2.59 bits per heavy atom.